The highest BCUT2D eigenvalue weighted by molar-refractivity contribution is 5.95. The number of hydrogen-bond donors (Lipinski definition) is 1. The van der Waals surface area contributed by atoms with Gasteiger partial charge in [-0.25, -0.2) is 13.2 Å². The van der Waals surface area contributed by atoms with Crippen LogP contribution in [0.3, 0.4) is 0 Å². The van der Waals surface area contributed by atoms with E-state index in [0.717, 1.165) is 4.90 Å². The first-order chi connectivity index (χ1) is 8.90. The monoisotopic (exact) mass is 273 g/mol. The molecule has 0 radical (unpaired) electrons. The molecule has 0 bridgehead atoms. The van der Waals surface area contributed by atoms with Crippen molar-refractivity contribution in [3.63, 3.8) is 0 Å². The van der Waals surface area contributed by atoms with Crippen LogP contribution in [-0.4, -0.2) is 23.5 Å². The molecule has 1 unspecified atom stereocenters. The van der Waals surface area contributed by atoms with Crippen LogP contribution in [-0.2, 0) is 9.59 Å². The Morgan fingerprint density at radius 2 is 1.84 bits per heavy atom. The summed E-state index contributed by atoms with van der Waals surface area (Å²) in [5.74, 6) is -6.78. The van der Waals surface area contributed by atoms with E-state index < -0.39 is 35.2 Å². The van der Waals surface area contributed by atoms with Gasteiger partial charge in [-0.3, -0.25) is 9.59 Å². The molecule has 1 aromatic rings. The number of anilines is 1. The first-order valence-corrected chi connectivity index (χ1v) is 5.58. The molecule has 0 saturated carbocycles. The summed E-state index contributed by atoms with van der Waals surface area (Å²) in [4.78, 5) is 23.5. The van der Waals surface area contributed by atoms with Crippen LogP contribution in [0, 0.1) is 23.4 Å². The number of carbonyl (C=O) groups is 2. The van der Waals surface area contributed by atoms with Crippen molar-refractivity contribution in [2.45, 2.75) is 12.8 Å². The molecule has 102 valence electrons. The fraction of sp³-hybridized carbons (Fsp3) is 0.333. The zero-order valence-electron chi connectivity index (χ0n) is 9.70. The van der Waals surface area contributed by atoms with Crippen LogP contribution >= 0.6 is 0 Å². The van der Waals surface area contributed by atoms with Crippen LogP contribution in [0.25, 0.3) is 0 Å². The number of rotatable bonds is 2. The minimum absolute atomic E-state index is 0.0302. The summed E-state index contributed by atoms with van der Waals surface area (Å²) in [6, 6.07) is 1.36. The summed E-state index contributed by atoms with van der Waals surface area (Å²) in [6.45, 7) is -0.182. The molecule has 0 aromatic heterocycles. The minimum Gasteiger partial charge on any atom is -0.481 e. The van der Waals surface area contributed by atoms with Crippen LogP contribution in [0.4, 0.5) is 18.9 Å². The van der Waals surface area contributed by atoms with Crippen LogP contribution in [0.1, 0.15) is 12.8 Å². The maximum atomic E-state index is 13.1. The zero-order chi connectivity index (χ0) is 14.2. The van der Waals surface area contributed by atoms with Crippen LogP contribution in [0.15, 0.2) is 12.1 Å². The molecule has 1 saturated heterocycles. The lowest BCUT2D eigenvalue weighted by molar-refractivity contribution is -0.142. The van der Waals surface area contributed by atoms with Gasteiger partial charge in [-0.2, -0.15) is 0 Å². The van der Waals surface area contributed by atoms with E-state index >= 15 is 0 Å². The van der Waals surface area contributed by atoms with Gasteiger partial charge < -0.3 is 10.0 Å². The van der Waals surface area contributed by atoms with Crippen molar-refractivity contribution >= 4 is 17.6 Å². The molecular weight excluding hydrogens is 263 g/mol. The van der Waals surface area contributed by atoms with E-state index in [1.165, 1.54) is 0 Å². The van der Waals surface area contributed by atoms with Crippen molar-refractivity contribution in [2.75, 3.05) is 11.4 Å². The Balaban J connectivity index is 2.34. The third-order valence-corrected chi connectivity index (χ3v) is 3.04. The summed E-state index contributed by atoms with van der Waals surface area (Å²) >= 11 is 0. The van der Waals surface area contributed by atoms with Gasteiger partial charge in [-0.1, -0.05) is 0 Å². The van der Waals surface area contributed by atoms with Gasteiger partial charge in [0, 0.05) is 30.8 Å². The average Bonchev–Trinajstić information content (AvgIpc) is 2.35. The number of hydrogen-bond acceptors (Lipinski definition) is 2. The molecule has 19 heavy (non-hydrogen) atoms. The predicted molar refractivity (Wildman–Crippen MR) is 59.0 cm³/mol. The molecule has 0 aliphatic carbocycles. The second-order valence-corrected chi connectivity index (χ2v) is 4.30. The van der Waals surface area contributed by atoms with E-state index in [-0.39, 0.29) is 25.1 Å². The van der Waals surface area contributed by atoms with E-state index in [9.17, 15) is 22.8 Å². The SMILES string of the molecule is O=C(O)C1CCC(=O)N(c2cc(F)c(F)c(F)c2)C1. The van der Waals surface area contributed by atoms with Gasteiger partial charge in [0.1, 0.15) is 0 Å². The Kier molecular flexibility index (Phi) is 3.46. The van der Waals surface area contributed by atoms with Crippen LogP contribution < -0.4 is 4.90 Å². The lowest BCUT2D eigenvalue weighted by Gasteiger charge is -2.30. The maximum absolute atomic E-state index is 13.1. The fourth-order valence-electron chi connectivity index (χ4n) is 2.00. The molecule has 2 rings (SSSR count). The summed E-state index contributed by atoms with van der Waals surface area (Å²) in [7, 11) is 0. The van der Waals surface area contributed by atoms with E-state index in [0.29, 0.717) is 12.1 Å². The number of piperidine rings is 1. The van der Waals surface area contributed by atoms with Gasteiger partial charge >= 0.3 is 5.97 Å². The van der Waals surface area contributed by atoms with Crippen molar-refractivity contribution in [3.05, 3.63) is 29.6 Å². The second kappa shape index (κ2) is 4.91. The van der Waals surface area contributed by atoms with Crippen molar-refractivity contribution in [1.82, 2.24) is 0 Å². The highest BCUT2D eigenvalue weighted by Crippen LogP contribution is 2.27. The molecule has 1 aliphatic rings. The van der Waals surface area contributed by atoms with E-state index in [2.05, 4.69) is 0 Å². The summed E-state index contributed by atoms with van der Waals surface area (Å²) in [6.07, 6.45) is 0.147. The summed E-state index contributed by atoms with van der Waals surface area (Å²) in [5, 5.41) is 8.90. The quantitative estimate of drug-likeness (QED) is 0.838. The third kappa shape index (κ3) is 2.54. The van der Waals surface area contributed by atoms with Crippen molar-refractivity contribution in [2.24, 2.45) is 5.92 Å². The highest BCUT2D eigenvalue weighted by atomic mass is 19.2. The molecular formula is C12H10F3NO3. The van der Waals surface area contributed by atoms with Crippen molar-refractivity contribution in [1.29, 1.82) is 0 Å². The molecule has 7 heteroatoms. The molecule has 1 aromatic carbocycles. The van der Waals surface area contributed by atoms with E-state index in [4.69, 9.17) is 5.11 Å². The highest BCUT2D eigenvalue weighted by Gasteiger charge is 2.31. The zero-order valence-corrected chi connectivity index (χ0v) is 9.70. The van der Waals surface area contributed by atoms with Crippen LogP contribution in [0.2, 0.25) is 0 Å². The fourth-order valence-corrected chi connectivity index (χ4v) is 2.00. The Labute approximate surface area is 106 Å². The molecule has 1 amide bonds. The number of benzene rings is 1. The summed E-state index contributed by atoms with van der Waals surface area (Å²) in [5.41, 5.74) is -0.174. The van der Waals surface area contributed by atoms with Gasteiger partial charge in [-0.05, 0) is 6.42 Å². The van der Waals surface area contributed by atoms with Gasteiger partial charge in [0.2, 0.25) is 5.91 Å². The number of carboxylic acids is 1. The lowest BCUT2D eigenvalue weighted by Crippen LogP contribution is -2.42. The number of aliphatic carboxylic acids is 1. The maximum Gasteiger partial charge on any atom is 0.308 e. The molecule has 1 N–H and O–H groups in total. The predicted octanol–water partition coefficient (Wildman–Crippen LogP) is 1.93. The van der Waals surface area contributed by atoms with Gasteiger partial charge in [-0.15, -0.1) is 0 Å². The van der Waals surface area contributed by atoms with Gasteiger partial charge in [0.25, 0.3) is 0 Å². The first kappa shape index (κ1) is 13.4. The van der Waals surface area contributed by atoms with Crippen LogP contribution in [0.5, 0.6) is 0 Å². The molecule has 1 fully saturated rings. The topological polar surface area (TPSA) is 57.6 Å². The van der Waals surface area contributed by atoms with E-state index in [1.54, 1.807) is 0 Å². The molecule has 4 nitrogen and oxygen atoms in total. The summed E-state index contributed by atoms with van der Waals surface area (Å²) < 4.78 is 39.0. The normalized spacial score (nSPS) is 19.6. The molecule has 0 spiro atoms. The van der Waals surface area contributed by atoms with E-state index in [1.807, 2.05) is 0 Å². The second-order valence-electron chi connectivity index (χ2n) is 4.30. The number of nitrogens with zero attached hydrogens (tertiary/aromatic N) is 1. The average molecular weight is 273 g/mol. The Hall–Kier alpha value is -2.05. The Morgan fingerprint density at radius 1 is 1.26 bits per heavy atom. The third-order valence-electron chi connectivity index (χ3n) is 3.04. The smallest absolute Gasteiger partial charge is 0.308 e. The standard InChI is InChI=1S/C12H10F3NO3/c13-8-3-7(4-9(14)11(8)15)16-5-6(12(18)19)1-2-10(16)17/h3-4,6H,1-2,5H2,(H,18,19). The van der Waals surface area contributed by atoms with Crippen molar-refractivity contribution in [3.8, 4) is 0 Å². The number of carboxylic acid groups (broad SMARTS) is 1. The van der Waals surface area contributed by atoms with Gasteiger partial charge in [0.05, 0.1) is 5.92 Å². The number of carbonyl (C=O) groups excluding carboxylic acids is 1. The first-order valence-electron chi connectivity index (χ1n) is 5.58. The Bertz CT molecular complexity index is 524. The molecule has 1 heterocycles. The number of amides is 1. The van der Waals surface area contributed by atoms with Crippen molar-refractivity contribution < 1.29 is 27.9 Å². The minimum atomic E-state index is -1.62. The largest absolute Gasteiger partial charge is 0.481 e. The van der Waals surface area contributed by atoms with Gasteiger partial charge in [0.15, 0.2) is 17.5 Å². The lowest BCUT2D eigenvalue weighted by atomic mass is 9.97. The Morgan fingerprint density at radius 3 is 2.37 bits per heavy atom. The molecule has 1 aliphatic heterocycles. The molecule has 1 atom stereocenters. The number of halogens is 3.